The highest BCUT2D eigenvalue weighted by Gasteiger charge is 2.42. The third-order valence-corrected chi connectivity index (χ3v) is 8.54. The predicted octanol–water partition coefficient (Wildman–Crippen LogP) is 4.30. The van der Waals surface area contributed by atoms with Crippen molar-refractivity contribution in [1.82, 2.24) is 25.5 Å². The first-order valence-electron chi connectivity index (χ1n) is 16.0. The molecule has 0 bridgehead atoms. The van der Waals surface area contributed by atoms with Crippen molar-refractivity contribution in [3.63, 3.8) is 0 Å². The minimum atomic E-state index is -0.800. The van der Waals surface area contributed by atoms with Gasteiger partial charge in [-0.05, 0) is 76.4 Å². The second-order valence-electron chi connectivity index (χ2n) is 12.6. The van der Waals surface area contributed by atoms with Crippen LogP contribution in [0, 0.1) is 5.41 Å². The van der Waals surface area contributed by atoms with Crippen LogP contribution < -0.4 is 30.9 Å². The van der Waals surface area contributed by atoms with Crippen LogP contribution >= 0.6 is 0 Å². The van der Waals surface area contributed by atoms with Gasteiger partial charge in [-0.25, -0.2) is 9.97 Å². The first-order chi connectivity index (χ1) is 21.9. The van der Waals surface area contributed by atoms with Gasteiger partial charge in [0.25, 0.3) is 0 Å². The van der Waals surface area contributed by atoms with Crippen LogP contribution in [-0.4, -0.2) is 84.5 Å². The van der Waals surface area contributed by atoms with Crippen LogP contribution in [0.25, 0.3) is 10.9 Å². The molecule has 0 aliphatic carbocycles. The molecule has 0 spiro atoms. The first kappa shape index (κ1) is 34.4. The maximum absolute atomic E-state index is 13.9. The van der Waals surface area contributed by atoms with Crippen LogP contribution in [0.1, 0.15) is 54.4 Å². The molecule has 12 nitrogen and oxygen atoms in total. The average molecular weight is 633 g/mol. The van der Waals surface area contributed by atoms with Crippen molar-refractivity contribution in [3.8, 4) is 5.75 Å². The second kappa shape index (κ2) is 14.8. The lowest BCUT2D eigenvalue weighted by molar-refractivity contribution is -0.143. The lowest BCUT2D eigenvalue weighted by Crippen LogP contribution is -2.59. The van der Waals surface area contributed by atoms with E-state index in [4.69, 9.17) is 4.74 Å². The van der Waals surface area contributed by atoms with Crippen LogP contribution in [0.3, 0.4) is 0 Å². The van der Waals surface area contributed by atoms with E-state index in [0.29, 0.717) is 47.5 Å². The molecule has 3 unspecified atom stereocenters. The van der Waals surface area contributed by atoms with E-state index in [1.165, 1.54) is 13.4 Å². The predicted molar refractivity (Wildman–Crippen MR) is 183 cm³/mol. The van der Waals surface area contributed by atoms with Crippen LogP contribution in [0.2, 0.25) is 0 Å². The minimum absolute atomic E-state index is 0.275. The number of likely N-dealkylation sites (tertiary alicyclic amines) is 1. The Bertz CT molecular complexity index is 1530. The Labute approximate surface area is 271 Å². The highest BCUT2D eigenvalue weighted by atomic mass is 16.5. The van der Waals surface area contributed by atoms with Crippen LogP contribution in [0.4, 0.5) is 22.9 Å². The fourth-order valence-electron chi connectivity index (χ4n) is 5.66. The summed E-state index contributed by atoms with van der Waals surface area (Å²) in [5.41, 5.74) is 2.52. The third kappa shape index (κ3) is 7.67. The van der Waals surface area contributed by atoms with Crippen LogP contribution in [0.15, 0.2) is 42.7 Å². The molecule has 0 radical (unpaired) electrons. The molecule has 1 fully saturated rings. The Morgan fingerprint density at radius 2 is 1.78 bits per heavy atom. The van der Waals surface area contributed by atoms with E-state index in [1.807, 2.05) is 32.9 Å². The number of hydrogen-bond donors (Lipinski definition) is 4. The number of nitrogens with zero attached hydrogens (tertiary/aromatic N) is 4. The van der Waals surface area contributed by atoms with Crippen molar-refractivity contribution < 1.29 is 19.1 Å². The molecular formula is C34H48N8O4. The van der Waals surface area contributed by atoms with Gasteiger partial charge in [-0.2, -0.15) is 0 Å². The van der Waals surface area contributed by atoms with Crippen molar-refractivity contribution in [1.29, 1.82) is 0 Å². The number of methoxy groups -OCH3 is 1. The van der Waals surface area contributed by atoms with Crippen molar-refractivity contribution in [2.75, 3.05) is 49.3 Å². The molecular weight excluding hydrogens is 584 g/mol. The van der Waals surface area contributed by atoms with Crippen molar-refractivity contribution in [3.05, 3.63) is 42.7 Å². The van der Waals surface area contributed by atoms with Crippen LogP contribution in [0.5, 0.6) is 5.75 Å². The molecule has 3 aromatic rings. The van der Waals surface area contributed by atoms with Gasteiger partial charge >= 0.3 is 0 Å². The van der Waals surface area contributed by atoms with Gasteiger partial charge in [0.05, 0.1) is 24.4 Å². The number of rotatable bonds is 12. The molecule has 0 saturated carbocycles. The Morgan fingerprint density at radius 1 is 1.09 bits per heavy atom. The number of carbonyl (C=O) groups excluding carboxylic acids is 3. The normalized spacial score (nSPS) is 16.1. The highest BCUT2D eigenvalue weighted by molar-refractivity contribution is 6.03. The molecule has 4 N–H and O–H groups in total. The first-order valence-corrected chi connectivity index (χ1v) is 16.0. The summed E-state index contributed by atoms with van der Waals surface area (Å²) < 4.78 is 5.63. The Hall–Kier alpha value is -4.45. The number of carbonyl (C=O) groups is 3. The molecule has 3 atom stereocenters. The lowest BCUT2D eigenvalue weighted by atomic mass is 9.85. The van der Waals surface area contributed by atoms with E-state index < -0.39 is 23.5 Å². The summed E-state index contributed by atoms with van der Waals surface area (Å²) >= 11 is 0. The van der Waals surface area contributed by atoms with E-state index in [9.17, 15) is 14.4 Å². The number of amides is 3. The van der Waals surface area contributed by atoms with Crippen LogP contribution in [-0.2, 0) is 14.4 Å². The van der Waals surface area contributed by atoms with E-state index in [1.54, 1.807) is 31.0 Å². The monoisotopic (exact) mass is 632 g/mol. The van der Waals surface area contributed by atoms with Gasteiger partial charge < -0.3 is 35.8 Å². The smallest absolute Gasteiger partial charge is 0.247 e. The van der Waals surface area contributed by atoms with Gasteiger partial charge in [-0.15, -0.1) is 0 Å². The summed E-state index contributed by atoms with van der Waals surface area (Å²) in [5, 5.41) is 12.9. The number of likely N-dealkylation sites (N-methyl/N-ethyl adjacent to an activating group) is 1. The third-order valence-electron chi connectivity index (χ3n) is 8.54. The molecule has 1 aliphatic heterocycles. The van der Waals surface area contributed by atoms with E-state index in [2.05, 4.69) is 62.1 Å². The Balaban J connectivity index is 1.58. The molecule has 1 saturated heterocycles. The second-order valence-corrected chi connectivity index (χ2v) is 12.6. The summed E-state index contributed by atoms with van der Waals surface area (Å²) in [4.78, 5) is 53.2. The average Bonchev–Trinajstić information content (AvgIpc) is 3.54. The van der Waals surface area contributed by atoms with Gasteiger partial charge in [-0.3, -0.25) is 14.4 Å². The summed E-state index contributed by atoms with van der Waals surface area (Å²) in [5.74, 6) is 0.133. The van der Waals surface area contributed by atoms with Crippen molar-refractivity contribution >= 4 is 51.5 Å². The van der Waals surface area contributed by atoms with E-state index in [-0.39, 0.29) is 17.7 Å². The Kier molecular flexibility index (Phi) is 11.0. The number of nitrogens with one attached hydrogen (secondary N) is 4. The topological polar surface area (TPSA) is 141 Å². The maximum Gasteiger partial charge on any atom is 0.247 e. The molecule has 4 rings (SSSR count). The van der Waals surface area contributed by atoms with Gasteiger partial charge in [0.15, 0.2) is 0 Å². The molecule has 1 aliphatic rings. The summed E-state index contributed by atoms with van der Waals surface area (Å²) in [6.45, 7) is 14.0. The maximum atomic E-state index is 13.9. The zero-order chi connectivity index (χ0) is 33.6. The van der Waals surface area contributed by atoms with Gasteiger partial charge in [0.2, 0.25) is 17.7 Å². The summed E-state index contributed by atoms with van der Waals surface area (Å²) in [6, 6.07) is 9.72. The number of benzene rings is 2. The molecule has 2 aromatic carbocycles. The largest absolute Gasteiger partial charge is 0.494 e. The molecule has 12 heteroatoms. The lowest BCUT2D eigenvalue weighted by Gasteiger charge is -2.36. The van der Waals surface area contributed by atoms with Gasteiger partial charge in [0, 0.05) is 42.5 Å². The van der Waals surface area contributed by atoms with E-state index >= 15 is 0 Å². The number of fused-ring (bicyclic) bond motifs is 1. The minimum Gasteiger partial charge on any atom is -0.494 e. The van der Waals surface area contributed by atoms with Crippen molar-refractivity contribution in [2.24, 2.45) is 5.41 Å². The zero-order valence-electron chi connectivity index (χ0n) is 28.2. The number of ether oxygens (including phenoxy) is 1. The summed E-state index contributed by atoms with van der Waals surface area (Å²) in [6.07, 6.45) is 2.66. The van der Waals surface area contributed by atoms with Gasteiger partial charge in [0.1, 0.15) is 30.0 Å². The SMILES string of the molecule is CCN(CC)c1ccc(Nc2ncnc3cc(OC)c(NC(=O)C4CCCN4C(=O)C(NC(=O)C(C)NC)C(C)(C)C)cc23)cc1. The van der Waals surface area contributed by atoms with Gasteiger partial charge in [-0.1, -0.05) is 20.8 Å². The fourth-order valence-corrected chi connectivity index (χ4v) is 5.66. The number of aromatic nitrogens is 2. The molecule has 2 heterocycles. The molecule has 46 heavy (non-hydrogen) atoms. The number of anilines is 4. The quantitative estimate of drug-likeness (QED) is 0.230. The standard InChI is InChI=1S/C34H48N8O4/c1-9-41(10-2)23-15-13-22(14-16-23)38-30-24-18-26(28(46-8)19-25(24)36-20-37-30)39-32(44)27-12-11-17-42(27)33(45)29(34(4,5)6)40-31(43)21(3)35-7/h13-16,18-21,27,29,35H,9-12,17H2,1-8H3,(H,39,44)(H,40,43)(H,36,37,38). The molecule has 1 aromatic heterocycles. The summed E-state index contributed by atoms with van der Waals surface area (Å²) in [7, 11) is 3.22. The highest BCUT2D eigenvalue weighted by Crippen LogP contribution is 2.34. The van der Waals surface area contributed by atoms with E-state index in [0.717, 1.165) is 24.5 Å². The fraction of sp³-hybridized carbons (Fsp3) is 0.500. The molecule has 3 amide bonds. The zero-order valence-corrected chi connectivity index (χ0v) is 28.2. The molecule has 248 valence electrons. The Morgan fingerprint density at radius 3 is 2.39 bits per heavy atom. The van der Waals surface area contributed by atoms with Crippen molar-refractivity contribution in [2.45, 2.75) is 72.5 Å². The number of hydrogen-bond acceptors (Lipinski definition) is 9.